The zero-order chi connectivity index (χ0) is 25.9. The van der Waals surface area contributed by atoms with Crippen molar-refractivity contribution < 1.29 is 14.3 Å². The number of carbonyl (C=O) groups excluding carboxylic acids is 2. The van der Waals surface area contributed by atoms with E-state index in [2.05, 4.69) is 41.1 Å². The number of esters is 1. The van der Waals surface area contributed by atoms with Crippen LogP contribution in [0.25, 0.3) is 11.5 Å². The molecule has 2 amide bonds. The summed E-state index contributed by atoms with van der Waals surface area (Å²) in [5.74, 6) is 0.452. The average molecular weight is 498 g/mol. The minimum atomic E-state index is -0.465. The fourth-order valence-corrected chi connectivity index (χ4v) is 4.91. The Morgan fingerprint density at radius 2 is 1.78 bits per heavy atom. The molecule has 0 saturated carbocycles. The van der Waals surface area contributed by atoms with Crippen LogP contribution in [0.2, 0.25) is 0 Å². The molecule has 0 radical (unpaired) electrons. The van der Waals surface area contributed by atoms with Crippen molar-refractivity contribution in [3.8, 4) is 11.5 Å². The molecule has 3 heterocycles. The van der Waals surface area contributed by atoms with E-state index in [1.165, 1.54) is 0 Å². The lowest BCUT2D eigenvalue weighted by Crippen LogP contribution is -2.44. The third kappa shape index (κ3) is 4.62. The third-order valence-electron chi connectivity index (χ3n) is 6.65. The summed E-state index contributed by atoms with van der Waals surface area (Å²) in [7, 11) is 0. The maximum atomic E-state index is 13.7. The maximum absolute atomic E-state index is 13.7. The molecule has 2 aromatic carbocycles. The van der Waals surface area contributed by atoms with E-state index in [0.717, 1.165) is 39.6 Å². The Morgan fingerprint density at radius 1 is 1.03 bits per heavy atom. The van der Waals surface area contributed by atoms with Crippen LogP contribution in [0.5, 0.6) is 0 Å². The van der Waals surface area contributed by atoms with Gasteiger partial charge < -0.3 is 19.5 Å². The van der Waals surface area contributed by atoms with Gasteiger partial charge >= 0.3 is 12.0 Å². The second-order valence-electron chi connectivity index (χ2n) is 9.06. The molecule has 1 unspecified atom stereocenters. The van der Waals surface area contributed by atoms with Gasteiger partial charge in [-0.25, -0.2) is 9.48 Å². The molecule has 0 saturated heterocycles. The fourth-order valence-electron chi connectivity index (χ4n) is 4.91. The summed E-state index contributed by atoms with van der Waals surface area (Å²) in [4.78, 5) is 27.5. The number of nitrogens with one attached hydrogen (secondary N) is 1. The largest absolute Gasteiger partial charge is 0.465 e. The molecule has 37 heavy (non-hydrogen) atoms. The van der Waals surface area contributed by atoms with Gasteiger partial charge in [-0.1, -0.05) is 55.0 Å². The number of rotatable bonds is 6. The summed E-state index contributed by atoms with van der Waals surface area (Å²) < 4.78 is 9.13. The van der Waals surface area contributed by atoms with Crippen LogP contribution < -0.4 is 5.32 Å². The van der Waals surface area contributed by atoms with E-state index in [1.54, 1.807) is 11.8 Å². The van der Waals surface area contributed by atoms with Crippen LogP contribution in [0, 0.1) is 6.92 Å². The Bertz CT molecular complexity index is 1410. The minimum absolute atomic E-state index is 0.193. The number of carbonyl (C=O) groups is 2. The molecule has 8 heteroatoms. The highest BCUT2D eigenvalue weighted by Crippen LogP contribution is 2.38. The molecule has 1 N–H and O–H groups in total. The van der Waals surface area contributed by atoms with Gasteiger partial charge in [0.15, 0.2) is 0 Å². The van der Waals surface area contributed by atoms with Crippen LogP contribution in [-0.4, -0.2) is 44.4 Å². The van der Waals surface area contributed by atoms with E-state index in [-0.39, 0.29) is 25.2 Å². The molecule has 190 valence electrons. The fraction of sp³-hybridized carbons (Fsp3) is 0.276. The van der Waals surface area contributed by atoms with Crippen LogP contribution in [0.15, 0.2) is 72.9 Å². The monoisotopic (exact) mass is 497 g/mol. The summed E-state index contributed by atoms with van der Waals surface area (Å²) in [5.41, 5.74) is 5.91. The standard InChI is InChI=1S/C29H31N5O3/c1-4-24-23-19-33(29(36)30-18-26(35)37-5-2)27(21-15-13-20(3)14-16-21)25-12-9-17-32(25)28(23)34(31-24)22-10-7-6-8-11-22/h6-17,27H,4-5,18-19H2,1-3H3,(H,30,36). The molecular formula is C29H31N5O3. The maximum Gasteiger partial charge on any atom is 0.325 e. The number of fused-ring (bicyclic) bond motifs is 3. The number of aromatic nitrogens is 3. The van der Waals surface area contributed by atoms with Crippen molar-refractivity contribution in [3.05, 3.63) is 101 Å². The van der Waals surface area contributed by atoms with Crippen molar-refractivity contribution in [1.82, 2.24) is 24.6 Å². The van der Waals surface area contributed by atoms with Crippen molar-refractivity contribution in [2.75, 3.05) is 13.2 Å². The highest BCUT2D eigenvalue weighted by molar-refractivity contribution is 5.81. The molecule has 2 aromatic heterocycles. The molecule has 0 spiro atoms. The Hall–Kier alpha value is -4.33. The first-order valence-corrected chi connectivity index (χ1v) is 12.6. The van der Waals surface area contributed by atoms with Crippen LogP contribution in [0.1, 0.15) is 48.0 Å². The first-order chi connectivity index (χ1) is 18.0. The molecule has 1 atom stereocenters. The SMILES string of the molecule is CCOC(=O)CNC(=O)N1Cc2c(CC)nn(-c3ccccc3)c2-n2cccc2C1c1ccc(C)cc1. The summed E-state index contributed by atoms with van der Waals surface area (Å²) in [6.45, 7) is 6.26. The molecule has 4 aromatic rings. The summed E-state index contributed by atoms with van der Waals surface area (Å²) in [5, 5.41) is 7.75. The van der Waals surface area contributed by atoms with Crippen molar-refractivity contribution in [1.29, 1.82) is 0 Å². The number of hydrogen-bond donors (Lipinski definition) is 1. The van der Waals surface area contributed by atoms with Gasteiger partial charge in [-0.15, -0.1) is 0 Å². The van der Waals surface area contributed by atoms with Crippen LogP contribution in [0.4, 0.5) is 4.79 Å². The van der Waals surface area contributed by atoms with Gasteiger partial charge in [0.1, 0.15) is 12.4 Å². The molecule has 0 bridgehead atoms. The summed E-state index contributed by atoms with van der Waals surface area (Å²) >= 11 is 0. The molecule has 1 aliphatic heterocycles. The van der Waals surface area contributed by atoms with E-state index < -0.39 is 5.97 Å². The molecule has 0 fully saturated rings. The topological polar surface area (TPSA) is 81.4 Å². The number of urea groups is 1. The van der Waals surface area contributed by atoms with Gasteiger partial charge in [0, 0.05) is 11.8 Å². The predicted molar refractivity (Wildman–Crippen MR) is 141 cm³/mol. The second-order valence-corrected chi connectivity index (χ2v) is 9.06. The zero-order valence-electron chi connectivity index (χ0n) is 21.3. The lowest BCUT2D eigenvalue weighted by atomic mass is 10.0. The smallest absolute Gasteiger partial charge is 0.325 e. The number of para-hydroxylation sites is 1. The number of aryl methyl sites for hydroxylation is 2. The highest BCUT2D eigenvalue weighted by atomic mass is 16.5. The lowest BCUT2D eigenvalue weighted by molar-refractivity contribution is -0.141. The highest BCUT2D eigenvalue weighted by Gasteiger charge is 2.36. The van der Waals surface area contributed by atoms with E-state index in [9.17, 15) is 9.59 Å². The van der Waals surface area contributed by atoms with Crippen LogP contribution in [0.3, 0.4) is 0 Å². The van der Waals surface area contributed by atoms with Gasteiger partial charge in [-0.05, 0) is 50.1 Å². The van der Waals surface area contributed by atoms with Crippen molar-refractivity contribution in [3.63, 3.8) is 0 Å². The van der Waals surface area contributed by atoms with Gasteiger partial charge in [-0.2, -0.15) is 5.10 Å². The quantitative estimate of drug-likeness (QED) is 0.391. The van der Waals surface area contributed by atoms with Crippen molar-refractivity contribution >= 4 is 12.0 Å². The summed E-state index contributed by atoms with van der Waals surface area (Å²) in [6, 6.07) is 21.6. The van der Waals surface area contributed by atoms with Crippen LogP contribution in [-0.2, 0) is 22.5 Å². The Morgan fingerprint density at radius 3 is 2.49 bits per heavy atom. The number of nitrogens with zero attached hydrogens (tertiary/aromatic N) is 4. The van der Waals surface area contributed by atoms with E-state index in [1.807, 2.05) is 60.3 Å². The molecule has 8 nitrogen and oxygen atoms in total. The summed E-state index contributed by atoms with van der Waals surface area (Å²) in [6.07, 6.45) is 2.74. The van der Waals surface area contributed by atoms with Crippen molar-refractivity contribution in [2.24, 2.45) is 0 Å². The Kier molecular flexibility index (Phi) is 6.81. The van der Waals surface area contributed by atoms with Gasteiger partial charge in [0.2, 0.25) is 0 Å². The van der Waals surface area contributed by atoms with E-state index in [4.69, 9.17) is 9.84 Å². The number of amides is 2. The van der Waals surface area contributed by atoms with Gasteiger partial charge in [0.25, 0.3) is 0 Å². The minimum Gasteiger partial charge on any atom is -0.465 e. The van der Waals surface area contributed by atoms with E-state index >= 15 is 0 Å². The molecular weight excluding hydrogens is 466 g/mol. The molecule has 1 aliphatic rings. The molecule has 0 aliphatic carbocycles. The number of ether oxygens (including phenoxy) is 1. The number of hydrogen-bond acceptors (Lipinski definition) is 4. The predicted octanol–water partition coefficient (Wildman–Crippen LogP) is 4.71. The van der Waals surface area contributed by atoms with Gasteiger partial charge in [-0.3, -0.25) is 4.79 Å². The lowest BCUT2D eigenvalue weighted by Gasteiger charge is -2.31. The van der Waals surface area contributed by atoms with Crippen molar-refractivity contribution in [2.45, 2.75) is 39.8 Å². The third-order valence-corrected chi connectivity index (χ3v) is 6.65. The average Bonchev–Trinajstić information content (AvgIpc) is 3.50. The Labute approximate surface area is 216 Å². The van der Waals surface area contributed by atoms with Gasteiger partial charge in [0.05, 0.1) is 36.3 Å². The number of benzene rings is 2. The zero-order valence-corrected chi connectivity index (χ0v) is 21.3. The second kappa shape index (κ2) is 10.3. The first-order valence-electron chi connectivity index (χ1n) is 12.6. The Balaban J connectivity index is 1.67. The normalized spacial score (nSPS) is 14.5. The first kappa shape index (κ1) is 24.4. The van der Waals surface area contributed by atoms with E-state index in [0.29, 0.717) is 13.0 Å². The molecule has 5 rings (SSSR count). The van der Waals surface area contributed by atoms with Crippen LogP contribution >= 0.6 is 0 Å².